The Morgan fingerprint density at radius 1 is 0.795 bits per heavy atom. The molecule has 4 rings (SSSR count). The van der Waals surface area contributed by atoms with Gasteiger partial charge in [-0.15, -0.1) is 0 Å². The highest BCUT2D eigenvalue weighted by atomic mass is 16.7. The van der Waals surface area contributed by atoms with Gasteiger partial charge in [-0.2, -0.15) is 0 Å². The van der Waals surface area contributed by atoms with Crippen molar-refractivity contribution >= 4 is 6.09 Å². The van der Waals surface area contributed by atoms with Gasteiger partial charge in [0, 0.05) is 12.5 Å². The minimum Gasteiger partial charge on any atom is -0.444 e. The van der Waals surface area contributed by atoms with Crippen molar-refractivity contribution in [3.63, 3.8) is 0 Å². The topological polar surface area (TPSA) is 209 Å². The van der Waals surface area contributed by atoms with Crippen LogP contribution in [0.4, 0.5) is 4.79 Å². The van der Waals surface area contributed by atoms with Gasteiger partial charge in [-0.25, -0.2) is 4.79 Å². The minimum absolute atomic E-state index is 0.142. The fourth-order valence-electron chi connectivity index (χ4n) is 6.41. The maximum Gasteiger partial charge on any atom is 0.408 e. The van der Waals surface area contributed by atoms with Crippen LogP contribution in [0.15, 0.2) is 0 Å². The molecule has 0 radical (unpaired) electrons. The summed E-state index contributed by atoms with van der Waals surface area (Å²) >= 11 is 0. The fourth-order valence-corrected chi connectivity index (χ4v) is 6.41. The fraction of sp³-hybridized carbons (Fsp3) is 0.967. The number of aliphatic hydroxyl groups excluding tert-OH is 6. The Kier molecular flexibility index (Phi) is 11.9. The Bertz CT molecular complexity index is 934. The molecule has 15 unspecified atom stereocenters. The molecule has 256 valence electrons. The van der Waals surface area contributed by atoms with Gasteiger partial charge < -0.3 is 65.0 Å². The second-order valence-electron chi connectivity index (χ2n) is 14.2. The predicted octanol–water partition coefficient (Wildman–Crippen LogP) is -0.792. The number of ether oxygens (including phenoxy) is 5. The van der Waals surface area contributed by atoms with Gasteiger partial charge in [0.1, 0.15) is 42.2 Å². The van der Waals surface area contributed by atoms with E-state index in [0.29, 0.717) is 18.9 Å². The van der Waals surface area contributed by atoms with Crippen molar-refractivity contribution in [3.05, 3.63) is 0 Å². The Morgan fingerprint density at radius 3 is 1.95 bits per heavy atom. The van der Waals surface area contributed by atoms with Crippen molar-refractivity contribution in [1.29, 1.82) is 0 Å². The van der Waals surface area contributed by atoms with Crippen molar-refractivity contribution in [1.82, 2.24) is 10.6 Å². The molecule has 2 saturated carbocycles. The highest BCUT2D eigenvalue weighted by Crippen LogP contribution is 2.38. The molecule has 14 nitrogen and oxygen atoms in total. The molecule has 0 aromatic rings. The van der Waals surface area contributed by atoms with Crippen molar-refractivity contribution in [3.8, 4) is 0 Å². The predicted molar refractivity (Wildman–Crippen MR) is 155 cm³/mol. The van der Waals surface area contributed by atoms with Crippen molar-refractivity contribution in [2.75, 3.05) is 19.7 Å². The van der Waals surface area contributed by atoms with Gasteiger partial charge in [0.25, 0.3) is 0 Å². The van der Waals surface area contributed by atoms with Gasteiger partial charge in [0.15, 0.2) is 12.6 Å². The largest absolute Gasteiger partial charge is 0.444 e. The zero-order valence-corrected chi connectivity index (χ0v) is 26.6. The van der Waals surface area contributed by atoms with Gasteiger partial charge in [-0.05, 0) is 64.3 Å². The van der Waals surface area contributed by atoms with Crippen LogP contribution in [-0.4, -0.2) is 136 Å². The first-order valence-corrected chi connectivity index (χ1v) is 15.9. The molecule has 14 heteroatoms. The monoisotopic (exact) mass is 634 g/mol. The molecule has 0 bridgehead atoms. The summed E-state index contributed by atoms with van der Waals surface area (Å²) in [6, 6.07) is -1.29. The first kappa shape index (κ1) is 35.7. The number of hydrogen-bond donors (Lipinski definition) is 8. The molecule has 1 amide bonds. The molecule has 8 N–H and O–H groups in total. The van der Waals surface area contributed by atoms with E-state index < -0.39 is 97.8 Å². The second kappa shape index (κ2) is 14.7. The van der Waals surface area contributed by atoms with Crippen LogP contribution in [-0.2, 0) is 23.7 Å². The number of rotatable bonds is 10. The Morgan fingerprint density at radius 2 is 1.39 bits per heavy atom. The molecule has 4 aliphatic rings. The summed E-state index contributed by atoms with van der Waals surface area (Å²) in [5.41, 5.74) is -0.828. The Balaban J connectivity index is 1.43. The summed E-state index contributed by atoms with van der Waals surface area (Å²) in [6.45, 7) is 11.1. The highest BCUT2D eigenvalue weighted by Gasteiger charge is 2.51. The van der Waals surface area contributed by atoms with E-state index in [4.69, 9.17) is 23.7 Å². The normalized spacial score (nSPS) is 45.1. The first-order chi connectivity index (χ1) is 20.6. The number of aliphatic hydroxyl groups is 6. The van der Waals surface area contributed by atoms with E-state index in [2.05, 4.69) is 10.6 Å². The van der Waals surface area contributed by atoms with E-state index >= 15 is 0 Å². The third-order valence-electron chi connectivity index (χ3n) is 9.17. The number of alkyl carbamates (subject to hydrolysis) is 1. The maximum absolute atomic E-state index is 12.5. The number of carbonyl (C=O) groups excluding carboxylic acids is 1. The average Bonchev–Trinajstić information content (AvgIpc) is 3.76. The molecule has 4 fully saturated rings. The van der Waals surface area contributed by atoms with E-state index in [-0.39, 0.29) is 11.8 Å². The van der Waals surface area contributed by atoms with Crippen LogP contribution >= 0.6 is 0 Å². The zero-order valence-electron chi connectivity index (χ0n) is 26.6. The number of hydrogen-bond acceptors (Lipinski definition) is 13. The molecule has 2 saturated heterocycles. The summed E-state index contributed by atoms with van der Waals surface area (Å²) in [5.74, 6) is -0.312. The lowest BCUT2D eigenvalue weighted by atomic mass is 9.77. The van der Waals surface area contributed by atoms with Crippen LogP contribution < -0.4 is 10.6 Å². The summed E-state index contributed by atoms with van der Waals surface area (Å²) in [7, 11) is 0. The Labute approximate surface area is 259 Å². The minimum atomic E-state index is -1.57. The van der Waals surface area contributed by atoms with Crippen LogP contribution in [0, 0.1) is 23.7 Å². The first-order valence-electron chi connectivity index (χ1n) is 15.9. The van der Waals surface area contributed by atoms with Gasteiger partial charge in [0.05, 0.1) is 31.0 Å². The molecule has 2 aliphatic heterocycles. The summed E-state index contributed by atoms with van der Waals surface area (Å²) < 4.78 is 29.5. The summed E-state index contributed by atoms with van der Waals surface area (Å²) in [6.07, 6.45) is -10.3. The SMILES string of the molecule is CC1CC(C)C(OC2OC(CO)C(O)C(NC(=O)OC(C)(C)C)C2O)C(O)C1OC1OC(CNCC2CC2)C(O)C(O)C1C. The zero-order chi connectivity index (χ0) is 32.5. The lowest BCUT2D eigenvalue weighted by Crippen LogP contribution is -2.66. The van der Waals surface area contributed by atoms with E-state index in [0.717, 1.165) is 6.54 Å². The standard InChI is InChI=1S/C30H54N2O12/c1-13-9-14(2)26(43-28-23(37)19(21(35)18(12-33)41-28)32-29(39)44-30(4,5)6)24(38)25(13)42-27-15(3)20(34)22(36)17(40-27)11-31-10-16-7-8-16/h13-28,31,33-38H,7-12H2,1-6H3,(H,32,39). The molecule has 0 aromatic heterocycles. The van der Waals surface area contributed by atoms with E-state index in [1.807, 2.05) is 13.8 Å². The van der Waals surface area contributed by atoms with E-state index in [1.165, 1.54) is 12.8 Å². The van der Waals surface area contributed by atoms with E-state index in [9.17, 15) is 35.4 Å². The number of carbonyl (C=O) groups is 1. The average molecular weight is 635 g/mol. The molecule has 2 heterocycles. The van der Waals surface area contributed by atoms with Crippen molar-refractivity contribution < 1.29 is 59.1 Å². The molecule has 0 aromatic carbocycles. The van der Waals surface area contributed by atoms with E-state index in [1.54, 1.807) is 27.7 Å². The molecule has 44 heavy (non-hydrogen) atoms. The Hall–Kier alpha value is -1.17. The van der Waals surface area contributed by atoms with Crippen LogP contribution in [0.5, 0.6) is 0 Å². The van der Waals surface area contributed by atoms with Gasteiger partial charge >= 0.3 is 6.09 Å². The van der Waals surface area contributed by atoms with Crippen LogP contribution in [0.3, 0.4) is 0 Å². The smallest absolute Gasteiger partial charge is 0.408 e. The second-order valence-corrected chi connectivity index (χ2v) is 14.2. The van der Waals surface area contributed by atoms with Gasteiger partial charge in [-0.3, -0.25) is 0 Å². The number of nitrogens with one attached hydrogen (secondary N) is 2. The lowest BCUT2D eigenvalue weighted by Gasteiger charge is -2.49. The highest BCUT2D eigenvalue weighted by molar-refractivity contribution is 5.68. The van der Waals surface area contributed by atoms with Crippen molar-refractivity contribution in [2.24, 2.45) is 23.7 Å². The van der Waals surface area contributed by atoms with Crippen LogP contribution in [0.1, 0.15) is 60.8 Å². The maximum atomic E-state index is 12.5. The van der Waals surface area contributed by atoms with Crippen LogP contribution in [0.25, 0.3) is 0 Å². The lowest BCUT2D eigenvalue weighted by molar-refractivity contribution is -0.332. The quantitative estimate of drug-likeness (QED) is 0.148. The molecule has 2 aliphatic carbocycles. The number of amides is 1. The molecule has 15 atom stereocenters. The van der Waals surface area contributed by atoms with Gasteiger partial charge in [-0.1, -0.05) is 20.8 Å². The molecular weight excluding hydrogens is 580 g/mol. The molecular formula is C30H54N2O12. The summed E-state index contributed by atoms with van der Waals surface area (Å²) in [5, 5.41) is 70.4. The van der Waals surface area contributed by atoms with Crippen LogP contribution in [0.2, 0.25) is 0 Å². The summed E-state index contributed by atoms with van der Waals surface area (Å²) in [4.78, 5) is 12.5. The van der Waals surface area contributed by atoms with Crippen molar-refractivity contribution in [2.45, 2.75) is 140 Å². The third-order valence-corrected chi connectivity index (χ3v) is 9.17. The third kappa shape index (κ3) is 8.59. The molecule has 0 spiro atoms. The van der Waals surface area contributed by atoms with Gasteiger partial charge in [0.2, 0.25) is 0 Å².